The average molecular weight is 502 g/mol. The SMILES string of the molecule is Cc1c(Nc2cc(N3CCN(CCOC(C)C)CC3)ccn2)sc2c(C)c(-c3ccncc3)ccc12. The van der Waals surface area contributed by atoms with Crippen LogP contribution in [-0.2, 0) is 4.74 Å². The number of hydrogen-bond donors (Lipinski definition) is 1. The molecule has 0 atom stereocenters. The lowest BCUT2D eigenvalue weighted by Gasteiger charge is -2.36. The van der Waals surface area contributed by atoms with E-state index >= 15 is 0 Å². The van der Waals surface area contributed by atoms with Gasteiger partial charge in [-0.25, -0.2) is 4.98 Å². The number of fused-ring (bicyclic) bond motifs is 1. The van der Waals surface area contributed by atoms with Crippen molar-refractivity contribution in [1.29, 1.82) is 0 Å². The highest BCUT2D eigenvalue weighted by Gasteiger charge is 2.18. The third-order valence-electron chi connectivity index (χ3n) is 6.93. The first-order valence-electron chi connectivity index (χ1n) is 12.7. The fourth-order valence-corrected chi connectivity index (χ4v) is 6.05. The van der Waals surface area contributed by atoms with Gasteiger partial charge in [0.25, 0.3) is 0 Å². The number of aryl methyl sites for hydroxylation is 2. The van der Waals surface area contributed by atoms with Gasteiger partial charge in [0.05, 0.1) is 17.7 Å². The van der Waals surface area contributed by atoms with Crippen LogP contribution in [0.5, 0.6) is 0 Å². The molecule has 1 saturated heterocycles. The minimum absolute atomic E-state index is 0.297. The van der Waals surface area contributed by atoms with Crippen molar-refractivity contribution in [3.8, 4) is 11.1 Å². The standard InChI is InChI=1S/C29H35N5OS/c1-20(2)35-18-17-33-13-15-34(16-14-33)24-9-12-31-27(19-24)32-29-22(4)26-6-5-25(21(3)28(26)36-29)23-7-10-30-11-8-23/h5-12,19-20H,13-18H2,1-4H3,(H,31,32). The Morgan fingerprint density at radius 1 is 0.972 bits per heavy atom. The van der Waals surface area contributed by atoms with Crippen LogP contribution in [0.15, 0.2) is 55.0 Å². The molecule has 4 heterocycles. The Balaban J connectivity index is 1.30. The summed E-state index contributed by atoms with van der Waals surface area (Å²) < 4.78 is 7.04. The van der Waals surface area contributed by atoms with E-state index in [2.05, 4.69) is 89.2 Å². The molecule has 36 heavy (non-hydrogen) atoms. The van der Waals surface area contributed by atoms with Crippen LogP contribution in [0.1, 0.15) is 25.0 Å². The van der Waals surface area contributed by atoms with E-state index in [1.165, 1.54) is 38.0 Å². The Hall–Kier alpha value is -3.00. The zero-order valence-electron chi connectivity index (χ0n) is 21.6. The van der Waals surface area contributed by atoms with Gasteiger partial charge >= 0.3 is 0 Å². The van der Waals surface area contributed by atoms with Crippen molar-refractivity contribution >= 4 is 37.9 Å². The smallest absolute Gasteiger partial charge is 0.132 e. The number of anilines is 3. The Bertz CT molecular complexity index is 1310. The molecule has 0 unspecified atom stereocenters. The number of nitrogens with one attached hydrogen (secondary N) is 1. The molecule has 1 N–H and O–H groups in total. The number of rotatable bonds is 8. The average Bonchev–Trinajstić information content (AvgIpc) is 3.21. The summed E-state index contributed by atoms with van der Waals surface area (Å²) in [5.41, 5.74) is 6.25. The maximum atomic E-state index is 5.72. The second kappa shape index (κ2) is 10.9. The summed E-state index contributed by atoms with van der Waals surface area (Å²) in [5, 5.41) is 6.07. The van der Waals surface area contributed by atoms with Gasteiger partial charge in [-0.05, 0) is 73.5 Å². The van der Waals surface area contributed by atoms with Crippen molar-refractivity contribution in [2.45, 2.75) is 33.8 Å². The van der Waals surface area contributed by atoms with Crippen molar-refractivity contribution < 1.29 is 4.74 Å². The molecule has 0 spiro atoms. The minimum Gasteiger partial charge on any atom is -0.377 e. The molecule has 0 radical (unpaired) electrons. The van der Waals surface area contributed by atoms with Gasteiger partial charge in [-0.15, -0.1) is 11.3 Å². The number of benzene rings is 1. The number of aromatic nitrogens is 2. The second-order valence-corrected chi connectivity index (χ2v) is 10.7. The van der Waals surface area contributed by atoms with Gasteiger partial charge in [-0.2, -0.15) is 0 Å². The topological polar surface area (TPSA) is 53.5 Å². The first-order valence-corrected chi connectivity index (χ1v) is 13.6. The Morgan fingerprint density at radius 3 is 2.50 bits per heavy atom. The van der Waals surface area contributed by atoms with Crippen molar-refractivity contribution in [3.63, 3.8) is 0 Å². The van der Waals surface area contributed by atoms with E-state index in [1.54, 1.807) is 11.3 Å². The van der Waals surface area contributed by atoms with Crippen LogP contribution >= 0.6 is 11.3 Å². The van der Waals surface area contributed by atoms with Crippen LogP contribution in [0.3, 0.4) is 0 Å². The summed E-state index contributed by atoms with van der Waals surface area (Å²) in [7, 11) is 0. The summed E-state index contributed by atoms with van der Waals surface area (Å²) in [6, 6.07) is 12.9. The van der Waals surface area contributed by atoms with Crippen molar-refractivity contribution in [1.82, 2.24) is 14.9 Å². The van der Waals surface area contributed by atoms with E-state index in [0.717, 1.165) is 50.1 Å². The number of hydrogen-bond acceptors (Lipinski definition) is 7. The molecule has 7 heteroatoms. The molecule has 1 aliphatic heterocycles. The van der Waals surface area contributed by atoms with Gasteiger partial charge in [0.15, 0.2) is 0 Å². The molecule has 3 aromatic heterocycles. The van der Waals surface area contributed by atoms with Crippen molar-refractivity contribution in [2.24, 2.45) is 0 Å². The summed E-state index contributed by atoms with van der Waals surface area (Å²) >= 11 is 1.81. The maximum absolute atomic E-state index is 5.72. The minimum atomic E-state index is 0.297. The molecule has 0 bridgehead atoms. The molecule has 4 aromatic rings. The molecule has 0 amide bonds. The van der Waals surface area contributed by atoms with Gasteiger partial charge in [-0.1, -0.05) is 12.1 Å². The quantitative estimate of drug-likeness (QED) is 0.307. The third kappa shape index (κ3) is 5.38. The number of pyridine rings is 2. The fourth-order valence-electron chi connectivity index (χ4n) is 4.83. The molecule has 5 rings (SSSR count). The van der Waals surface area contributed by atoms with E-state index < -0.39 is 0 Å². The molecular formula is C29H35N5OS. The molecule has 188 valence electrons. The van der Waals surface area contributed by atoms with Gasteiger partial charge in [-0.3, -0.25) is 9.88 Å². The third-order valence-corrected chi connectivity index (χ3v) is 8.27. The lowest BCUT2D eigenvalue weighted by molar-refractivity contribution is 0.0579. The second-order valence-electron chi connectivity index (χ2n) is 9.68. The molecule has 6 nitrogen and oxygen atoms in total. The highest BCUT2D eigenvalue weighted by Crippen LogP contribution is 2.41. The Labute approximate surface area is 217 Å². The van der Waals surface area contributed by atoms with Crippen LogP contribution in [-0.4, -0.2) is 60.3 Å². The zero-order chi connectivity index (χ0) is 25.1. The first kappa shape index (κ1) is 24.7. The monoisotopic (exact) mass is 501 g/mol. The molecule has 1 fully saturated rings. The molecular weight excluding hydrogens is 466 g/mol. The van der Waals surface area contributed by atoms with E-state index in [1.807, 2.05) is 18.6 Å². The number of ether oxygens (including phenoxy) is 1. The van der Waals surface area contributed by atoms with Gasteiger partial charge in [0.1, 0.15) is 5.82 Å². The number of piperazine rings is 1. The van der Waals surface area contributed by atoms with E-state index in [-0.39, 0.29) is 0 Å². The predicted octanol–water partition coefficient (Wildman–Crippen LogP) is 6.27. The van der Waals surface area contributed by atoms with Crippen molar-refractivity contribution in [3.05, 3.63) is 66.1 Å². The van der Waals surface area contributed by atoms with E-state index in [9.17, 15) is 0 Å². The Morgan fingerprint density at radius 2 is 1.75 bits per heavy atom. The van der Waals surface area contributed by atoms with Crippen LogP contribution in [0.4, 0.5) is 16.5 Å². The van der Waals surface area contributed by atoms with Gasteiger partial charge < -0.3 is 15.0 Å². The largest absolute Gasteiger partial charge is 0.377 e. The maximum Gasteiger partial charge on any atom is 0.132 e. The summed E-state index contributed by atoms with van der Waals surface area (Å²) in [6.45, 7) is 14.5. The zero-order valence-corrected chi connectivity index (χ0v) is 22.4. The number of nitrogens with zero attached hydrogens (tertiary/aromatic N) is 4. The molecule has 0 aliphatic carbocycles. The summed E-state index contributed by atoms with van der Waals surface area (Å²) in [4.78, 5) is 13.7. The Kier molecular flexibility index (Phi) is 7.51. The van der Waals surface area contributed by atoms with Crippen LogP contribution in [0.25, 0.3) is 21.2 Å². The first-order chi connectivity index (χ1) is 17.5. The van der Waals surface area contributed by atoms with Crippen LogP contribution in [0, 0.1) is 13.8 Å². The van der Waals surface area contributed by atoms with Crippen LogP contribution in [0.2, 0.25) is 0 Å². The van der Waals surface area contributed by atoms with Crippen LogP contribution < -0.4 is 10.2 Å². The summed E-state index contributed by atoms with van der Waals surface area (Å²) in [5.74, 6) is 0.891. The lowest BCUT2D eigenvalue weighted by Crippen LogP contribution is -2.47. The molecule has 1 aromatic carbocycles. The molecule has 1 aliphatic rings. The highest BCUT2D eigenvalue weighted by molar-refractivity contribution is 7.23. The van der Waals surface area contributed by atoms with E-state index in [0.29, 0.717) is 6.10 Å². The fraction of sp³-hybridized carbons (Fsp3) is 0.379. The van der Waals surface area contributed by atoms with E-state index in [4.69, 9.17) is 4.74 Å². The van der Waals surface area contributed by atoms with Crippen molar-refractivity contribution in [2.75, 3.05) is 49.5 Å². The van der Waals surface area contributed by atoms with Gasteiger partial charge in [0, 0.05) is 67.8 Å². The lowest BCUT2D eigenvalue weighted by atomic mass is 9.99. The predicted molar refractivity (Wildman–Crippen MR) is 152 cm³/mol. The number of thiophene rings is 1. The molecule has 0 saturated carbocycles. The summed E-state index contributed by atoms with van der Waals surface area (Å²) in [6.07, 6.45) is 5.92. The van der Waals surface area contributed by atoms with Gasteiger partial charge in [0.2, 0.25) is 0 Å². The highest BCUT2D eigenvalue weighted by atomic mass is 32.1. The normalized spacial score (nSPS) is 14.6.